The van der Waals surface area contributed by atoms with Crippen LogP contribution in [0.2, 0.25) is 0 Å². The molecule has 1 aromatic rings. The molecule has 7 nitrogen and oxygen atoms in total. The summed E-state index contributed by atoms with van der Waals surface area (Å²) in [7, 11) is 1.29. The molecular weight excluding hydrogens is 310 g/mol. The van der Waals surface area contributed by atoms with Crippen LogP contribution in [0.1, 0.15) is 17.5 Å². The summed E-state index contributed by atoms with van der Waals surface area (Å²) in [4.78, 5) is 36.7. The Bertz CT molecular complexity index is 645. The van der Waals surface area contributed by atoms with Crippen molar-refractivity contribution in [3.8, 4) is 0 Å². The van der Waals surface area contributed by atoms with Gasteiger partial charge in [-0.15, -0.1) is 0 Å². The third-order valence-corrected chi connectivity index (χ3v) is 4.21. The maximum atomic E-state index is 12.4. The summed E-state index contributed by atoms with van der Waals surface area (Å²) in [5.74, 6) is -0.853. The first-order chi connectivity index (χ1) is 11.4. The first-order valence-electron chi connectivity index (χ1n) is 7.97. The normalized spacial score (nSPS) is 20.2. The van der Waals surface area contributed by atoms with E-state index in [1.54, 1.807) is 0 Å². The van der Waals surface area contributed by atoms with Gasteiger partial charge >= 0.3 is 5.97 Å². The van der Waals surface area contributed by atoms with Gasteiger partial charge < -0.3 is 20.3 Å². The Balaban J connectivity index is 2.03. The van der Waals surface area contributed by atoms with Crippen LogP contribution in [0, 0.1) is 13.8 Å². The number of hydrogen-bond donors (Lipinski definition) is 3. The summed E-state index contributed by atoms with van der Waals surface area (Å²) < 4.78 is 4.65. The lowest BCUT2D eigenvalue weighted by molar-refractivity contribution is -0.909. The van der Waals surface area contributed by atoms with Crippen molar-refractivity contribution in [1.82, 2.24) is 5.32 Å². The second kappa shape index (κ2) is 7.92. The highest BCUT2D eigenvalue weighted by molar-refractivity contribution is 5.92. The van der Waals surface area contributed by atoms with Gasteiger partial charge in [0, 0.05) is 5.69 Å². The second-order valence-corrected chi connectivity index (χ2v) is 6.08. The Morgan fingerprint density at radius 2 is 2.12 bits per heavy atom. The lowest BCUT2D eigenvalue weighted by Crippen LogP contribution is -3.20. The van der Waals surface area contributed by atoms with Crippen molar-refractivity contribution in [2.45, 2.75) is 26.3 Å². The molecule has 1 aliphatic heterocycles. The van der Waals surface area contributed by atoms with Gasteiger partial charge in [-0.05, 0) is 31.0 Å². The fourth-order valence-corrected chi connectivity index (χ4v) is 2.80. The van der Waals surface area contributed by atoms with Crippen molar-refractivity contribution >= 4 is 23.5 Å². The van der Waals surface area contributed by atoms with E-state index in [1.165, 1.54) is 7.11 Å². The number of piperazine rings is 1. The van der Waals surface area contributed by atoms with Gasteiger partial charge in [-0.2, -0.15) is 0 Å². The monoisotopic (exact) mass is 334 g/mol. The van der Waals surface area contributed by atoms with E-state index in [2.05, 4.69) is 15.4 Å². The zero-order valence-corrected chi connectivity index (χ0v) is 14.3. The lowest BCUT2D eigenvalue weighted by atomic mass is 10.1. The molecule has 0 aliphatic carbocycles. The first-order valence-corrected chi connectivity index (χ1v) is 7.97. The van der Waals surface area contributed by atoms with Gasteiger partial charge in [0.25, 0.3) is 11.8 Å². The van der Waals surface area contributed by atoms with Gasteiger partial charge in [0.15, 0.2) is 12.6 Å². The maximum absolute atomic E-state index is 12.4. The minimum absolute atomic E-state index is 0.0333. The molecular formula is C17H24N3O4+. The average molecular weight is 334 g/mol. The molecule has 7 heteroatoms. The minimum atomic E-state index is -0.601. The Kier molecular flexibility index (Phi) is 5.92. The number of amides is 2. The second-order valence-electron chi connectivity index (χ2n) is 6.08. The number of carbonyl (C=O) groups excluding carboxylic acids is 3. The van der Waals surface area contributed by atoms with E-state index in [-0.39, 0.29) is 24.8 Å². The fraction of sp³-hybridized carbons (Fsp3) is 0.471. The highest BCUT2D eigenvalue weighted by Crippen LogP contribution is 2.15. The molecule has 1 fully saturated rings. The number of anilines is 1. The van der Waals surface area contributed by atoms with E-state index in [9.17, 15) is 14.4 Å². The highest BCUT2D eigenvalue weighted by atomic mass is 16.5. The van der Waals surface area contributed by atoms with Crippen LogP contribution < -0.4 is 15.5 Å². The molecule has 1 heterocycles. The van der Waals surface area contributed by atoms with Crippen molar-refractivity contribution < 1.29 is 24.0 Å². The van der Waals surface area contributed by atoms with Gasteiger partial charge in [0.2, 0.25) is 0 Å². The zero-order valence-electron chi connectivity index (χ0n) is 14.3. The molecule has 1 aromatic carbocycles. The molecule has 0 saturated carbocycles. The van der Waals surface area contributed by atoms with E-state index in [4.69, 9.17) is 0 Å². The number of carbonyl (C=O) groups is 3. The number of esters is 1. The summed E-state index contributed by atoms with van der Waals surface area (Å²) in [6.07, 6.45) is -0.0333. The molecule has 2 rings (SSSR count). The van der Waals surface area contributed by atoms with Crippen LogP contribution in [-0.2, 0) is 19.1 Å². The molecule has 2 atom stereocenters. The molecule has 1 aliphatic rings. The largest absolute Gasteiger partial charge is 0.469 e. The molecule has 0 bridgehead atoms. The number of aryl methyl sites for hydroxylation is 2. The molecule has 3 N–H and O–H groups in total. The van der Waals surface area contributed by atoms with Crippen molar-refractivity contribution in [3.05, 3.63) is 29.3 Å². The van der Waals surface area contributed by atoms with E-state index in [1.807, 2.05) is 32.0 Å². The smallest absolute Gasteiger partial charge is 0.312 e. The predicted molar refractivity (Wildman–Crippen MR) is 88.7 cm³/mol. The standard InChI is InChI=1S/C17H23N3O4/c1-11-4-5-12(2)13(8-11)19-15(21)10-20-7-6-18-17(23)14(20)9-16(22)24-3/h4-5,8,14H,6-7,9-10H2,1-3H3,(H,18,23)(H,19,21)/p+1/t14-/m1/s1. The number of benzene rings is 1. The van der Waals surface area contributed by atoms with Crippen LogP contribution in [0.3, 0.4) is 0 Å². The molecule has 24 heavy (non-hydrogen) atoms. The van der Waals surface area contributed by atoms with Gasteiger partial charge in [0.1, 0.15) is 6.42 Å². The number of quaternary nitrogens is 1. The topological polar surface area (TPSA) is 88.9 Å². The summed E-state index contributed by atoms with van der Waals surface area (Å²) in [5, 5.41) is 5.63. The minimum Gasteiger partial charge on any atom is -0.469 e. The third-order valence-electron chi connectivity index (χ3n) is 4.21. The molecule has 2 amide bonds. The van der Waals surface area contributed by atoms with Crippen molar-refractivity contribution in [1.29, 1.82) is 0 Å². The van der Waals surface area contributed by atoms with Gasteiger partial charge in [-0.3, -0.25) is 14.4 Å². The quantitative estimate of drug-likeness (QED) is 0.615. The van der Waals surface area contributed by atoms with E-state index in [0.717, 1.165) is 21.7 Å². The summed E-state index contributed by atoms with van der Waals surface area (Å²) in [5.41, 5.74) is 2.81. The van der Waals surface area contributed by atoms with Crippen LogP contribution in [0.15, 0.2) is 18.2 Å². The zero-order chi connectivity index (χ0) is 17.7. The molecule has 1 saturated heterocycles. The molecule has 0 aromatic heterocycles. The van der Waals surface area contributed by atoms with E-state index < -0.39 is 12.0 Å². The van der Waals surface area contributed by atoms with Crippen LogP contribution in [0.4, 0.5) is 5.69 Å². The van der Waals surface area contributed by atoms with Crippen LogP contribution in [0.5, 0.6) is 0 Å². The Hall–Kier alpha value is -2.41. The van der Waals surface area contributed by atoms with Crippen molar-refractivity contribution in [2.24, 2.45) is 0 Å². The first kappa shape index (κ1) is 17.9. The van der Waals surface area contributed by atoms with Crippen LogP contribution in [-0.4, -0.2) is 50.6 Å². The number of methoxy groups -OCH3 is 1. The highest BCUT2D eigenvalue weighted by Gasteiger charge is 2.36. The van der Waals surface area contributed by atoms with Crippen LogP contribution >= 0.6 is 0 Å². The summed E-state index contributed by atoms with van der Waals surface area (Å²) in [6.45, 7) is 5.09. The number of ether oxygens (including phenoxy) is 1. The summed E-state index contributed by atoms with van der Waals surface area (Å²) >= 11 is 0. The Morgan fingerprint density at radius 1 is 1.38 bits per heavy atom. The van der Waals surface area contributed by atoms with E-state index >= 15 is 0 Å². The van der Waals surface area contributed by atoms with Crippen molar-refractivity contribution in [2.75, 3.05) is 32.1 Å². The fourth-order valence-electron chi connectivity index (χ4n) is 2.80. The van der Waals surface area contributed by atoms with Crippen molar-refractivity contribution in [3.63, 3.8) is 0 Å². The van der Waals surface area contributed by atoms with Gasteiger partial charge in [-0.25, -0.2) is 0 Å². The Morgan fingerprint density at radius 3 is 2.83 bits per heavy atom. The molecule has 1 unspecified atom stereocenters. The van der Waals surface area contributed by atoms with Gasteiger partial charge in [0.05, 0.1) is 20.2 Å². The molecule has 0 spiro atoms. The number of hydrogen-bond acceptors (Lipinski definition) is 4. The van der Waals surface area contributed by atoms with Gasteiger partial charge in [-0.1, -0.05) is 12.1 Å². The van der Waals surface area contributed by atoms with Crippen LogP contribution in [0.25, 0.3) is 0 Å². The Labute approximate surface area is 141 Å². The lowest BCUT2D eigenvalue weighted by Gasteiger charge is -2.30. The predicted octanol–water partition coefficient (Wildman–Crippen LogP) is -0.812. The SMILES string of the molecule is COC(=O)C[C@@H]1C(=O)NCC[NH+]1CC(=O)Nc1cc(C)ccc1C. The van der Waals surface area contributed by atoms with E-state index in [0.29, 0.717) is 13.1 Å². The maximum Gasteiger partial charge on any atom is 0.312 e. The molecule has 130 valence electrons. The summed E-state index contributed by atoms with van der Waals surface area (Å²) in [6, 6.07) is 5.25. The third kappa shape index (κ3) is 4.55. The number of nitrogens with one attached hydrogen (secondary N) is 3. The number of rotatable bonds is 5. The molecule has 0 radical (unpaired) electrons. The average Bonchev–Trinajstić information content (AvgIpc) is 2.54.